The number of para-hydroxylation sites is 1. The van der Waals surface area contributed by atoms with Gasteiger partial charge in [0.15, 0.2) is 10.8 Å². The molecule has 33 heavy (non-hydrogen) atoms. The molecule has 8 heteroatoms. The number of thiazole rings is 1. The lowest BCUT2D eigenvalue weighted by Crippen LogP contribution is -2.25. The maximum absolute atomic E-state index is 13.2. The number of carbonyl (C=O) groups excluding carboxylic acids is 2. The Kier molecular flexibility index (Phi) is 6.46. The smallest absolute Gasteiger partial charge is 0.363 e. The fraction of sp³-hybridized carbons (Fsp3) is 0.200. The number of nitrogens with zero attached hydrogens (tertiary/aromatic N) is 3. The van der Waals surface area contributed by atoms with E-state index in [1.165, 1.54) is 48.6 Å². The lowest BCUT2D eigenvalue weighted by atomic mass is 10.0. The Bertz CT molecular complexity index is 1260. The minimum absolute atomic E-state index is 0.0868. The summed E-state index contributed by atoms with van der Waals surface area (Å²) in [7, 11) is 0. The molecule has 0 N–H and O–H groups in total. The van der Waals surface area contributed by atoms with E-state index >= 15 is 0 Å². The third kappa shape index (κ3) is 4.61. The molecule has 0 fully saturated rings. The molecule has 0 unspecified atom stereocenters. The number of esters is 1. The molecule has 2 aromatic carbocycles. The van der Waals surface area contributed by atoms with Crippen LogP contribution >= 0.6 is 11.3 Å². The van der Waals surface area contributed by atoms with Crippen molar-refractivity contribution in [3.8, 4) is 0 Å². The molecule has 6 nitrogen and oxygen atoms in total. The van der Waals surface area contributed by atoms with Crippen LogP contribution in [0.3, 0.4) is 0 Å². The first-order valence-electron chi connectivity index (χ1n) is 10.6. The fourth-order valence-corrected chi connectivity index (χ4v) is 4.43. The van der Waals surface area contributed by atoms with Crippen molar-refractivity contribution in [3.63, 3.8) is 0 Å². The fourth-order valence-electron chi connectivity index (χ4n) is 3.60. The number of ether oxygens (including phenoxy) is 1. The number of aryl methyl sites for hydroxylation is 2. The maximum Gasteiger partial charge on any atom is 0.363 e. The number of cyclic esters (lactones) is 1. The molecule has 1 aliphatic rings. The second-order valence-electron chi connectivity index (χ2n) is 7.38. The summed E-state index contributed by atoms with van der Waals surface area (Å²) in [5.41, 5.74) is 4.06. The number of amides is 1. The van der Waals surface area contributed by atoms with E-state index in [1.807, 2.05) is 18.2 Å². The highest BCUT2D eigenvalue weighted by Crippen LogP contribution is 2.35. The molecule has 0 radical (unpaired) electrons. The highest BCUT2D eigenvalue weighted by atomic mass is 32.1. The van der Waals surface area contributed by atoms with E-state index in [2.05, 4.69) is 23.8 Å². The van der Waals surface area contributed by atoms with E-state index in [4.69, 9.17) is 4.74 Å². The molecule has 4 rings (SSSR count). The summed E-state index contributed by atoms with van der Waals surface area (Å²) in [4.78, 5) is 35.4. The minimum atomic E-state index is -0.614. The van der Waals surface area contributed by atoms with Gasteiger partial charge in [-0.1, -0.05) is 32.0 Å². The number of hydrogen-bond acceptors (Lipinski definition) is 6. The van der Waals surface area contributed by atoms with Crippen LogP contribution in [0.15, 0.2) is 58.5 Å². The van der Waals surface area contributed by atoms with Crippen LogP contribution in [0.4, 0.5) is 15.2 Å². The van der Waals surface area contributed by atoms with E-state index in [0.29, 0.717) is 16.4 Å². The number of halogens is 1. The number of rotatable bonds is 6. The highest BCUT2D eigenvalue weighted by molar-refractivity contribution is 7.14. The quantitative estimate of drug-likeness (QED) is 0.361. The van der Waals surface area contributed by atoms with Crippen LogP contribution in [-0.4, -0.2) is 22.8 Å². The average Bonchev–Trinajstić information content (AvgIpc) is 3.41. The summed E-state index contributed by atoms with van der Waals surface area (Å²) >= 11 is 1.31. The van der Waals surface area contributed by atoms with E-state index in [-0.39, 0.29) is 23.3 Å². The van der Waals surface area contributed by atoms with Crippen molar-refractivity contribution in [3.05, 3.63) is 81.7 Å². The highest BCUT2D eigenvalue weighted by Gasteiger charge is 2.26. The van der Waals surface area contributed by atoms with Crippen LogP contribution in [0.25, 0.3) is 6.08 Å². The van der Waals surface area contributed by atoms with Crippen molar-refractivity contribution in [2.75, 3.05) is 4.90 Å². The second-order valence-corrected chi connectivity index (χ2v) is 8.22. The van der Waals surface area contributed by atoms with Crippen molar-refractivity contribution in [2.45, 2.75) is 33.6 Å². The van der Waals surface area contributed by atoms with Crippen molar-refractivity contribution in [1.29, 1.82) is 0 Å². The lowest BCUT2D eigenvalue weighted by Gasteiger charge is -2.24. The number of carbonyl (C=O) groups is 2. The van der Waals surface area contributed by atoms with Gasteiger partial charge in [0.05, 0.1) is 11.4 Å². The number of benzene rings is 2. The molecule has 0 saturated carbocycles. The van der Waals surface area contributed by atoms with Crippen molar-refractivity contribution < 1.29 is 18.7 Å². The van der Waals surface area contributed by atoms with Crippen LogP contribution in [0.5, 0.6) is 0 Å². The lowest BCUT2D eigenvalue weighted by molar-refractivity contribution is -0.130. The zero-order chi connectivity index (χ0) is 23.5. The summed E-state index contributed by atoms with van der Waals surface area (Å²) in [6.45, 7) is 5.62. The van der Waals surface area contributed by atoms with Crippen molar-refractivity contribution >= 4 is 46.0 Å². The van der Waals surface area contributed by atoms with E-state index in [1.54, 1.807) is 10.3 Å². The molecule has 0 aliphatic carbocycles. The average molecular weight is 464 g/mol. The molecule has 1 amide bonds. The largest absolute Gasteiger partial charge is 0.402 e. The van der Waals surface area contributed by atoms with Gasteiger partial charge in [0.1, 0.15) is 5.82 Å². The summed E-state index contributed by atoms with van der Waals surface area (Å²) in [6, 6.07) is 11.6. The number of aromatic nitrogens is 1. The molecule has 3 aromatic rings. The third-order valence-corrected chi connectivity index (χ3v) is 6.04. The normalized spacial score (nSPS) is 14.4. The van der Waals surface area contributed by atoms with Gasteiger partial charge in [-0.3, -0.25) is 9.69 Å². The van der Waals surface area contributed by atoms with Gasteiger partial charge in [0, 0.05) is 17.9 Å². The Labute approximate surface area is 195 Å². The summed E-state index contributed by atoms with van der Waals surface area (Å²) < 4.78 is 18.4. The maximum atomic E-state index is 13.2. The SMILES string of the molecule is CCc1cccc(CC)c1N(C(C)=O)c1nc(C=C2N=C(c3ccc(F)cc3)OC2=O)cs1. The molecule has 1 aromatic heterocycles. The van der Waals surface area contributed by atoms with Crippen LogP contribution in [0.1, 0.15) is 43.2 Å². The molecule has 2 heterocycles. The van der Waals surface area contributed by atoms with Gasteiger partial charge in [-0.2, -0.15) is 0 Å². The van der Waals surface area contributed by atoms with Gasteiger partial charge in [-0.25, -0.2) is 19.2 Å². The first-order valence-corrected chi connectivity index (χ1v) is 11.4. The first kappa shape index (κ1) is 22.5. The van der Waals surface area contributed by atoms with Crippen LogP contribution in [0.2, 0.25) is 0 Å². The Morgan fingerprint density at radius 1 is 1.12 bits per heavy atom. The monoisotopic (exact) mass is 463 g/mol. The van der Waals surface area contributed by atoms with Gasteiger partial charge in [0.2, 0.25) is 11.8 Å². The number of aliphatic imine (C=N–C) groups is 1. The Morgan fingerprint density at radius 3 is 2.39 bits per heavy atom. The number of hydrogen-bond donors (Lipinski definition) is 0. The molecule has 0 spiro atoms. The predicted molar refractivity (Wildman–Crippen MR) is 127 cm³/mol. The van der Waals surface area contributed by atoms with E-state index in [9.17, 15) is 14.0 Å². The summed E-state index contributed by atoms with van der Waals surface area (Å²) in [6.07, 6.45) is 3.08. The van der Waals surface area contributed by atoms with Crippen LogP contribution < -0.4 is 4.90 Å². The van der Waals surface area contributed by atoms with Crippen LogP contribution in [-0.2, 0) is 27.2 Å². The summed E-state index contributed by atoms with van der Waals surface area (Å²) in [5.74, 6) is -1.04. The molecule has 0 bridgehead atoms. The van der Waals surface area contributed by atoms with E-state index in [0.717, 1.165) is 29.7 Å². The Morgan fingerprint density at radius 2 is 1.79 bits per heavy atom. The van der Waals surface area contributed by atoms with Gasteiger partial charge >= 0.3 is 5.97 Å². The van der Waals surface area contributed by atoms with Crippen LogP contribution in [0, 0.1) is 5.82 Å². The third-order valence-electron chi connectivity index (χ3n) is 5.20. The molecule has 168 valence electrons. The Balaban J connectivity index is 1.68. The molecular formula is C25H22FN3O3S. The first-order chi connectivity index (χ1) is 15.9. The standard InChI is InChI=1S/C25H22FN3O3S/c1-4-16-7-6-8-17(5-2)22(16)29(15(3)30)25-27-20(14-33-25)13-21-24(31)32-23(28-21)18-9-11-19(26)12-10-18/h6-14H,4-5H2,1-3H3. The molecular weight excluding hydrogens is 441 g/mol. The predicted octanol–water partition coefficient (Wildman–Crippen LogP) is 5.44. The molecule has 1 aliphatic heterocycles. The molecule has 0 saturated heterocycles. The minimum Gasteiger partial charge on any atom is -0.402 e. The number of anilines is 2. The zero-order valence-electron chi connectivity index (χ0n) is 18.5. The van der Waals surface area contributed by atoms with Crippen molar-refractivity contribution in [1.82, 2.24) is 4.98 Å². The van der Waals surface area contributed by atoms with Gasteiger partial charge in [-0.15, -0.1) is 11.3 Å². The van der Waals surface area contributed by atoms with Gasteiger partial charge in [0.25, 0.3) is 0 Å². The van der Waals surface area contributed by atoms with Crippen molar-refractivity contribution in [2.24, 2.45) is 4.99 Å². The van der Waals surface area contributed by atoms with Gasteiger partial charge in [-0.05, 0) is 54.3 Å². The topological polar surface area (TPSA) is 71.9 Å². The molecule has 0 atom stereocenters. The second kappa shape index (κ2) is 9.46. The Hall–Kier alpha value is -3.65. The van der Waals surface area contributed by atoms with Gasteiger partial charge < -0.3 is 4.74 Å². The zero-order valence-corrected chi connectivity index (χ0v) is 19.3. The summed E-state index contributed by atoms with van der Waals surface area (Å²) in [5, 5.41) is 2.27. The van der Waals surface area contributed by atoms with E-state index < -0.39 is 5.97 Å².